The van der Waals surface area contributed by atoms with Crippen LogP contribution in [0.5, 0.6) is 5.75 Å². The number of ether oxygens (including phenoxy) is 1. The molecule has 2 rings (SSSR count). The van der Waals surface area contributed by atoms with Crippen molar-refractivity contribution in [2.45, 2.75) is 31.7 Å². The molecule has 0 aromatic heterocycles. The van der Waals surface area contributed by atoms with Gasteiger partial charge in [0.1, 0.15) is 18.5 Å². The minimum absolute atomic E-state index is 0.0164. The Labute approximate surface area is 129 Å². The van der Waals surface area contributed by atoms with Gasteiger partial charge in [-0.25, -0.2) is 0 Å². The van der Waals surface area contributed by atoms with Crippen LogP contribution in [0, 0.1) is 11.8 Å². The SMILES string of the molecule is C[C@@H]1[C@@H](/C=C/[C@@H](O)COc2cccc(Cl)c2)[C@H](O)C[C@@H]1O. The Kier molecular flexibility index (Phi) is 5.65. The van der Waals surface area contributed by atoms with Crippen molar-refractivity contribution >= 4 is 11.6 Å². The van der Waals surface area contributed by atoms with Crippen molar-refractivity contribution < 1.29 is 20.1 Å². The maximum atomic E-state index is 9.89. The monoisotopic (exact) mass is 312 g/mol. The summed E-state index contributed by atoms with van der Waals surface area (Å²) in [7, 11) is 0. The summed E-state index contributed by atoms with van der Waals surface area (Å²) < 4.78 is 5.44. The molecule has 21 heavy (non-hydrogen) atoms. The third-order valence-corrected chi connectivity index (χ3v) is 4.15. The smallest absolute Gasteiger partial charge is 0.120 e. The van der Waals surface area contributed by atoms with E-state index in [1.54, 1.807) is 36.4 Å². The molecule has 0 bridgehead atoms. The van der Waals surface area contributed by atoms with Crippen LogP contribution in [0.15, 0.2) is 36.4 Å². The van der Waals surface area contributed by atoms with E-state index in [0.717, 1.165) is 0 Å². The number of hydrogen-bond acceptors (Lipinski definition) is 4. The summed E-state index contributed by atoms with van der Waals surface area (Å²) in [6, 6.07) is 6.97. The number of benzene rings is 1. The summed E-state index contributed by atoms with van der Waals surface area (Å²) in [5.74, 6) is 0.442. The van der Waals surface area contributed by atoms with E-state index < -0.39 is 18.3 Å². The summed E-state index contributed by atoms with van der Waals surface area (Å²) in [5, 5.41) is 30.0. The first-order valence-corrected chi connectivity index (χ1v) is 7.46. The van der Waals surface area contributed by atoms with Crippen LogP contribution in [0.4, 0.5) is 0 Å². The molecule has 1 aromatic carbocycles. The predicted molar refractivity (Wildman–Crippen MR) is 81.4 cm³/mol. The van der Waals surface area contributed by atoms with Gasteiger partial charge in [-0.3, -0.25) is 0 Å². The molecule has 0 saturated heterocycles. The highest BCUT2D eigenvalue weighted by molar-refractivity contribution is 6.30. The van der Waals surface area contributed by atoms with Crippen LogP contribution in [0.3, 0.4) is 0 Å². The average Bonchev–Trinajstić information content (AvgIpc) is 2.68. The average molecular weight is 313 g/mol. The normalized spacial score (nSPS) is 30.7. The lowest BCUT2D eigenvalue weighted by molar-refractivity contribution is 0.123. The molecular formula is C16H21ClO4. The third kappa shape index (κ3) is 4.45. The maximum Gasteiger partial charge on any atom is 0.120 e. The fraction of sp³-hybridized carbons (Fsp3) is 0.500. The number of aliphatic hydroxyl groups is 3. The van der Waals surface area contributed by atoms with E-state index in [4.69, 9.17) is 16.3 Å². The van der Waals surface area contributed by atoms with Crippen LogP contribution < -0.4 is 4.74 Å². The maximum absolute atomic E-state index is 9.89. The summed E-state index contributed by atoms with van der Waals surface area (Å²) in [4.78, 5) is 0. The quantitative estimate of drug-likeness (QED) is 0.728. The van der Waals surface area contributed by atoms with Crippen LogP contribution in [-0.4, -0.2) is 40.2 Å². The van der Waals surface area contributed by atoms with Gasteiger partial charge in [-0.2, -0.15) is 0 Å². The Morgan fingerprint density at radius 3 is 2.76 bits per heavy atom. The molecule has 3 N–H and O–H groups in total. The summed E-state index contributed by atoms with van der Waals surface area (Å²) in [6.07, 6.45) is 1.92. The van der Waals surface area contributed by atoms with Crippen LogP contribution in [0.1, 0.15) is 13.3 Å². The Morgan fingerprint density at radius 2 is 2.14 bits per heavy atom. The minimum Gasteiger partial charge on any atom is -0.491 e. The molecule has 0 amide bonds. The predicted octanol–water partition coefficient (Wildman–Crippen LogP) is 2.01. The van der Waals surface area contributed by atoms with Gasteiger partial charge in [-0.1, -0.05) is 36.7 Å². The number of hydrogen-bond donors (Lipinski definition) is 3. The molecule has 0 spiro atoms. The molecule has 0 heterocycles. The van der Waals surface area contributed by atoms with Gasteiger partial charge in [0, 0.05) is 17.4 Å². The Bertz CT molecular complexity index is 491. The van der Waals surface area contributed by atoms with Gasteiger partial charge in [0.05, 0.1) is 12.2 Å². The fourth-order valence-electron chi connectivity index (χ4n) is 2.58. The third-order valence-electron chi connectivity index (χ3n) is 3.91. The van der Waals surface area contributed by atoms with Crippen LogP contribution in [0.25, 0.3) is 0 Å². The standard InChI is InChI=1S/C16H21ClO4/c1-10-14(16(20)8-15(10)19)6-5-12(18)9-21-13-4-2-3-11(17)7-13/h2-7,10,12,14-16,18-20H,8-9H2,1H3/b6-5+/t10-,12-,14-,15+,16-/m1/s1. The Morgan fingerprint density at radius 1 is 1.38 bits per heavy atom. The van der Waals surface area contributed by atoms with Crippen molar-refractivity contribution in [3.8, 4) is 5.75 Å². The molecule has 1 saturated carbocycles. The van der Waals surface area contributed by atoms with Crippen molar-refractivity contribution in [1.29, 1.82) is 0 Å². The lowest BCUT2D eigenvalue weighted by atomic mass is 9.95. The Hall–Kier alpha value is -1.07. The van der Waals surface area contributed by atoms with Gasteiger partial charge in [-0.15, -0.1) is 0 Å². The largest absolute Gasteiger partial charge is 0.491 e. The first kappa shape index (κ1) is 16.3. The van der Waals surface area contributed by atoms with Crippen LogP contribution in [-0.2, 0) is 0 Å². The number of halogens is 1. The van der Waals surface area contributed by atoms with E-state index in [-0.39, 0.29) is 18.4 Å². The summed E-state index contributed by atoms with van der Waals surface area (Å²) >= 11 is 5.85. The lowest BCUT2D eigenvalue weighted by Crippen LogP contribution is -2.19. The Balaban J connectivity index is 1.84. The summed E-state index contributed by atoms with van der Waals surface area (Å²) in [5.41, 5.74) is 0. The minimum atomic E-state index is -0.777. The van der Waals surface area contributed by atoms with Crippen molar-refractivity contribution in [2.75, 3.05) is 6.61 Å². The van der Waals surface area contributed by atoms with E-state index in [1.165, 1.54) is 0 Å². The van der Waals surface area contributed by atoms with Gasteiger partial charge in [0.2, 0.25) is 0 Å². The zero-order valence-corrected chi connectivity index (χ0v) is 12.6. The van der Waals surface area contributed by atoms with Crippen LogP contribution >= 0.6 is 11.6 Å². The second-order valence-electron chi connectivity index (χ2n) is 5.53. The molecule has 0 unspecified atom stereocenters. The van der Waals surface area contributed by atoms with Gasteiger partial charge in [0.25, 0.3) is 0 Å². The molecule has 116 valence electrons. The number of aliphatic hydroxyl groups excluding tert-OH is 3. The first-order valence-electron chi connectivity index (χ1n) is 7.08. The number of rotatable bonds is 5. The topological polar surface area (TPSA) is 69.9 Å². The zero-order valence-electron chi connectivity index (χ0n) is 11.9. The molecule has 0 aliphatic heterocycles. The van der Waals surface area contributed by atoms with Crippen molar-refractivity contribution in [1.82, 2.24) is 0 Å². The fourth-order valence-corrected chi connectivity index (χ4v) is 2.76. The van der Waals surface area contributed by atoms with Crippen molar-refractivity contribution in [3.05, 3.63) is 41.4 Å². The van der Waals surface area contributed by atoms with Gasteiger partial charge >= 0.3 is 0 Å². The van der Waals surface area contributed by atoms with E-state index in [1.807, 2.05) is 6.92 Å². The molecule has 5 atom stereocenters. The van der Waals surface area contributed by atoms with E-state index in [0.29, 0.717) is 17.2 Å². The summed E-state index contributed by atoms with van der Waals surface area (Å²) in [6.45, 7) is 2.00. The highest BCUT2D eigenvalue weighted by Crippen LogP contribution is 2.33. The van der Waals surface area contributed by atoms with E-state index in [2.05, 4.69) is 0 Å². The second-order valence-corrected chi connectivity index (χ2v) is 5.96. The highest BCUT2D eigenvalue weighted by Gasteiger charge is 2.37. The first-order chi connectivity index (χ1) is 9.97. The second kappa shape index (κ2) is 7.27. The molecule has 0 radical (unpaired) electrons. The van der Waals surface area contributed by atoms with Gasteiger partial charge in [-0.05, 0) is 24.1 Å². The molecule has 1 aliphatic rings. The molecule has 1 aliphatic carbocycles. The molecule has 1 fully saturated rings. The van der Waals surface area contributed by atoms with E-state index in [9.17, 15) is 15.3 Å². The zero-order chi connectivity index (χ0) is 15.4. The van der Waals surface area contributed by atoms with Crippen molar-refractivity contribution in [2.24, 2.45) is 11.8 Å². The molecule has 5 heteroatoms. The molecular weight excluding hydrogens is 292 g/mol. The van der Waals surface area contributed by atoms with Gasteiger partial charge in [0.15, 0.2) is 0 Å². The van der Waals surface area contributed by atoms with Crippen molar-refractivity contribution in [3.63, 3.8) is 0 Å². The highest BCUT2D eigenvalue weighted by atomic mass is 35.5. The lowest BCUT2D eigenvalue weighted by Gasteiger charge is -2.16. The van der Waals surface area contributed by atoms with Crippen LogP contribution in [0.2, 0.25) is 5.02 Å². The molecule has 1 aromatic rings. The van der Waals surface area contributed by atoms with Gasteiger partial charge < -0.3 is 20.1 Å². The molecule has 4 nitrogen and oxygen atoms in total. The van der Waals surface area contributed by atoms with E-state index >= 15 is 0 Å².